The van der Waals surface area contributed by atoms with Crippen LogP contribution >= 0.6 is 0 Å². The van der Waals surface area contributed by atoms with Crippen molar-refractivity contribution < 1.29 is 4.79 Å². The molecule has 0 unspecified atom stereocenters. The molecule has 4 heteroatoms. The Kier molecular flexibility index (Phi) is 3.90. The Balaban J connectivity index is 1.49. The lowest BCUT2D eigenvalue weighted by Crippen LogP contribution is -2.46. The van der Waals surface area contributed by atoms with Crippen molar-refractivity contribution >= 4 is 22.5 Å². The summed E-state index contributed by atoms with van der Waals surface area (Å²) in [5.41, 5.74) is 0.876. The number of pyridine rings is 1. The number of urea groups is 1. The van der Waals surface area contributed by atoms with Crippen LogP contribution in [0.25, 0.3) is 10.8 Å². The number of carbonyl (C=O) groups excluding carboxylic acids is 1. The summed E-state index contributed by atoms with van der Waals surface area (Å²) in [4.78, 5) is 18.8. The molecule has 2 atom stereocenters. The summed E-state index contributed by atoms with van der Waals surface area (Å²) in [6.45, 7) is 1.81. The molecule has 1 aliphatic carbocycles. The Labute approximate surface area is 136 Å². The van der Waals surface area contributed by atoms with Gasteiger partial charge in [0, 0.05) is 36.3 Å². The van der Waals surface area contributed by atoms with Crippen molar-refractivity contribution in [3.8, 4) is 0 Å². The minimum atomic E-state index is 0.0401. The summed E-state index contributed by atoms with van der Waals surface area (Å²) in [5, 5.41) is 5.21. The highest BCUT2D eigenvalue weighted by molar-refractivity contribution is 6.01. The van der Waals surface area contributed by atoms with E-state index in [0.717, 1.165) is 41.9 Å². The number of rotatable bonds is 1. The molecule has 2 aliphatic rings. The summed E-state index contributed by atoms with van der Waals surface area (Å²) in [7, 11) is 0. The first-order valence-corrected chi connectivity index (χ1v) is 8.70. The first-order valence-electron chi connectivity index (χ1n) is 8.70. The average molecular weight is 309 g/mol. The number of hydrogen-bond donors (Lipinski definition) is 1. The lowest BCUT2D eigenvalue weighted by atomic mass is 9.75. The molecule has 1 N–H and O–H groups in total. The number of piperidine rings is 1. The largest absolute Gasteiger partial charge is 0.324 e. The van der Waals surface area contributed by atoms with E-state index in [4.69, 9.17) is 0 Å². The Bertz CT molecular complexity index is 709. The highest BCUT2D eigenvalue weighted by atomic mass is 16.2. The zero-order valence-corrected chi connectivity index (χ0v) is 13.4. The van der Waals surface area contributed by atoms with Crippen molar-refractivity contribution in [3.63, 3.8) is 0 Å². The third kappa shape index (κ3) is 2.90. The van der Waals surface area contributed by atoms with Gasteiger partial charge in [-0.2, -0.15) is 0 Å². The van der Waals surface area contributed by atoms with E-state index >= 15 is 0 Å². The lowest BCUT2D eigenvalue weighted by Gasteiger charge is -2.41. The van der Waals surface area contributed by atoms with E-state index in [1.54, 1.807) is 6.20 Å². The molecular formula is C19H23N3O. The van der Waals surface area contributed by atoms with Crippen molar-refractivity contribution in [3.05, 3.63) is 36.7 Å². The number of likely N-dealkylation sites (tertiary alicyclic amines) is 1. The van der Waals surface area contributed by atoms with E-state index in [1.165, 1.54) is 25.7 Å². The van der Waals surface area contributed by atoms with Crippen LogP contribution in [-0.2, 0) is 0 Å². The predicted molar refractivity (Wildman–Crippen MR) is 92.4 cm³/mol. The smallest absolute Gasteiger partial charge is 0.321 e. The van der Waals surface area contributed by atoms with Crippen LogP contribution in [0.5, 0.6) is 0 Å². The Morgan fingerprint density at radius 3 is 2.91 bits per heavy atom. The molecule has 4 rings (SSSR count). The maximum atomic E-state index is 12.7. The van der Waals surface area contributed by atoms with E-state index in [0.29, 0.717) is 5.92 Å². The topological polar surface area (TPSA) is 45.2 Å². The number of hydrogen-bond acceptors (Lipinski definition) is 2. The molecule has 1 aromatic heterocycles. The fourth-order valence-electron chi connectivity index (χ4n) is 4.21. The van der Waals surface area contributed by atoms with Crippen LogP contribution in [-0.4, -0.2) is 29.0 Å². The van der Waals surface area contributed by atoms with E-state index in [2.05, 4.69) is 10.3 Å². The maximum Gasteiger partial charge on any atom is 0.321 e. The number of nitrogens with zero attached hydrogens (tertiary/aromatic N) is 2. The SMILES string of the molecule is O=C(Nc1cccc2cnccc12)N1CC[C@@H]2CCCC[C@@H]2C1. The molecular weight excluding hydrogens is 286 g/mol. The van der Waals surface area contributed by atoms with Crippen LogP contribution in [0.1, 0.15) is 32.1 Å². The zero-order valence-electron chi connectivity index (χ0n) is 13.4. The second kappa shape index (κ2) is 6.19. The fourth-order valence-corrected chi connectivity index (χ4v) is 4.21. The number of amides is 2. The first-order chi connectivity index (χ1) is 11.3. The quantitative estimate of drug-likeness (QED) is 0.854. The zero-order chi connectivity index (χ0) is 15.6. The predicted octanol–water partition coefficient (Wildman–Crippen LogP) is 4.28. The van der Waals surface area contributed by atoms with Gasteiger partial charge in [0.15, 0.2) is 0 Å². The van der Waals surface area contributed by atoms with Crippen molar-refractivity contribution in [2.45, 2.75) is 32.1 Å². The van der Waals surface area contributed by atoms with Gasteiger partial charge in [0.05, 0.1) is 5.69 Å². The summed E-state index contributed by atoms with van der Waals surface area (Å²) in [5.74, 6) is 1.55. The first kappa shape index (κ1) is 14.5. The van der Waals surface area contributed by atoms with Crippen molar-refractivity contribution in [2.75, 3.05) is 18.4 Å². The van der Waals surface area contributed by atoms with Gasteiger partial charge < -0.3 is 10.2 Å². The van der Waals surface area contributed by atoms with Crippen LogP contribution < -0.4 is 5.32 Å². The number of aromatic nitrogens is 1. The Hall–Kier alpha value is -2.10. The third-order valence-corrected chi connectivity index (χ3v) is 5.50. The van der Waals surface area contributed by atoms with Crippen molar-refractivity contribution in [1.82, 2.24) is 9.88 Å². The van der Waals surface area contributed by atoms with Crippen LogP contribution in [0.15, 0.2) is 36.7 Å². The monoisotopic (exact) mass is 309 g/mol. The van der Waals surface area contributed by atoms with Gasteiger partial charge in [0.1, 0.15) is 0 Å². The molecule has 0 bridgehead atoms. The van der Waals surface area contributed by atoms with Gasteiger partial charge >= 0.3 is 6.03 Å². The average Bonchev–Trinajstić information content (AvgIpc) is 2.61. The molecule has 2 aromatic rings. The molecule has 0 radical (unpaired) electrons. The van der Waals surface area contributed by atoms with Gasteiger partial charge in [0.25, 0.3) is 0 Å². The third-order valence-electron chi connectivity index (χ3n) is 5.50. The van der Waals surface area contributed by atoms with E-state index in [9.17, 15) is 4.79 Å². The molecule has 1 saturated heterocycles. The Morgan fingerprint density at radius 1 is 1.13 bits per heavy atom. The van der Waals surface area contributed by atoms with Gasteiger partial charge in [-0.3, -0.25) is 4.98 Å². The highest BCUT2D eigenvalue weighted by Crippen LogP contribution is 2.36. The second-order valence-electron chi connectivity index (χ2n) is 6.87. The molecule has 120 valence electrons. The number of benzene rings is 1. The minimum absolute atomic E-state index is 0.0401. The fraction of sp³-hybridized carbons (Fsp3) is 0.474. The van der Waals surface area contributed by atoms with Crippen molar-refractivity contribution in [1.29, 1.82) is 0 Å². The summed E-state index contributed by atoms with van der Waals surface area (Å²) < 4.78 is 0. The van der Waals surface area contributed by atoms with Gasteiger partial charge in [0.2, 0.25) is 0 Å². The van der Waals surface area contributed by atoms with Crippen molar-refractivity contribution in [2.24, 2.45) is 11.8 Å². The van der Waals surface area contributed by atoms with Crippen LogP contribution in [0, 0.1) is 11.8 Å². The molecule has 4 nitrogen and oxygen atoms in total. The summed E-state index contributed by atoms with van der Waals surface area (Å²) in [6, 6.07) is 7.95. The molecule has 1 saturated carbocycles. The van der Waals surface area contributed by atoms with Gasteiger partial charge in [-0.15, -0.1) is 0 Å². The summed E-state index contributed by atoms with van der Waals surface area (Å²) >= 11 is 0. The molecule has 1 aromatic carbocycles. The second-order valence-corrected chi connectivity index (χ2v) is 6.87. The minimum Gasteiger partial charge on any atom is -0.324 e. The molecule has 2 heterocycles. The van der Waals surface area contributed by atoms with E-state index in [-0.39, 0.29) is 6.03 Å². The molecule has 2 amide bonds. The molecule has 23 heavy (non-hydrogen) atoms. The van der Waals surface area contributed by atoms with Gasteiger partial charge in [-0.05, 0) is 36.8 Å². The number of nitrogens with one attached hydrogen (secondary N) is 1. The van der Waals surface area contributed by atoms with Gasteiger partial charge in [-0.25, -0.2) is 4.79 Å². The number of fused-ring (bicyclic) bond motifs is 2. The standard InChI is InChI=1S/C19H23N3O/c23-19(22-11-9-14-4-1-2-5-16(14)13-22)21-18-7-3-6-15-12-20-10-8-17(15)18/h3,6-8,10,12,14,16H,1-2,4-5,9,11,13H2,(H,21,23)/t14-,16+/m0/s1. The van der Waals surface area contributed by atoms with E-state index in [1.807, 2.05) is 35.4 Å². The molecule has 1 aliphatic heterocycles. The molecule has 2 fully saturated rings. The highest BCUT2D eigenvalue weighted by Gasteiger charge is 2.32. The molecule has 0 spiro atoms. The Morgan fingerprint density at radius 2 is 2.00 bits per heavy atom. The van der Waals surface area contributed by atoms with Gasteiger partial charge in [-0.1, -0.05) is 31.4 Å². The normalized spacial score (nSPS) is 24.3. The summed E-state index contributed by atoms with van der Waals surface area (Å²) in [6.07, 6.45) is 10.1. The maximum absolute atomic E-state index is 12.7. The number of carbonyl (C=O) groups is 1. The lowest BCUT2D eigenvalue weighted by molar-refractivity contribution is 0.108. The van der Waals surface area contributed by atoms with Crippen LogP contribution in [0.3, 0.4) is 0 Å². The van der Waals surface area contributed by atoms with Crippen LogP contribution in [0.4, 0.5) is 10.5 Å². The van der Waals surface area contributed by atoms with E-state index < -0.39 is 0 Å². The number of anilines is 1. The van der Waals surface area contributed by atoms with Crippen LogP contribution in [0.2, 0.25) is 0 Å².